The number of anilines is 1. The van der Waals surface area contributed by atoms with Gasteiger partial charge in [0.1, 0.15) is 11.8 Å². The highest BCUT2D eigenvalue weighted by Crippen LogP contribution is 2.29. The van der Waals surface area contributed by atoms with E-state index in [0.29, 0.717) is 11.4 Å². The SMILES string of the molecule is C=Cc1c(N)ccc(OCC#N)c1C=C. The van der Waals surface area contributed by atoms with E-state index in [1.54, 1.807) is 24.3 Å². The van der Waals surface area contributed by atoms with Crippen LogP contribution in [0.1, 0.15) is 11.1 Å². The maximum absolute atomic E-state index is 8.43. The smallest absolute Gasteiger partial charge is 0.174 e. The van der Waals surface area contributed by atoms with Crippen LogP contribution in [-0.2, 0) is 0 Å². The average Bonchev–Trinajstić information content (AvgIpc) is 2.26. The highest BCUT2D eigenvalue weighted by Gasteiger charge is 2.07. The topological polar surface area (TPSA) is 59.0 Å². The number of rotatable bonds is 4. The molecule has 0 aliphatic heterocycles. The fourth-order valence-electron chi connectivity index (χ4n) is 1.31. The van der Waals surface area contributed by atoms with Gasteiger partial charge < -0.3 is 10.5 Å². The number of nitrogens with zero attached hydrogens (tertiary/aromatic N) is 1. The van der Waals surface area contributed by atoms with Gasteiger partial charge in [-0.1, -0.05) is 25.3 Å². The quantitative estimate of drug-likeness (QED) is 0.759. The lowest BCUT2D eigenvalue weighted by Gasteiger charge is -2.11. The summed E-state index contributed by atoms with van der Waals surface area (Å²) in [6, 6.07) is 5.34. The van der Waals surface area contributed by atoms with Crippen molar-refractivity contribution >= 4 is 17.8 Å². The van der Waals surface area contributed by atoms with Crippen LogP contribution in [0.2, 0.25) is 0 Å². The fourth-order valence-corrected chi connectivity index (χ4v) is 1.31. The van der Waals surface area contributed by atoms with Crippen molar-refractivity contribution < 1.29 is 4.74 Å². The molecule has 0 aliphatic rings. The van der Waals surface area contributed by atoms with Crippen molar-refractivity contribution in [3.63, 3.8) is 0 Å². The number of nitriles is 1. The summed E-state index contributed by atoms with van der Waals surface area (Å²) in [7, 11) is 0. The van der Waals surface area contributed by atoms with Gasteiger partial charge in [0.25, 0.3) is 0 Å². The molecular formula is C12H12N2O. The van der Waals surface area contributed by atoms with Crippen molar-refractivity contribution in [2.45, 2.75) is 0 Å². The zero-order valence-corrected chi connectivity index (χ0v) is 8.36. The van der Waals surface area contributed by atoms with E-state index in [9.17, 15) is 0 Å². The maximum atomic E-state index is 8.43. The molecule has 0 saturated heterocycles. The number of ether oxygens (including phenoxy) is 1. The predicted octanol–water partition coefficient (Wildman–Crippen LogP) is 2.46. The van der Waals surface area contributed by atoms with Gasteiger partial charge in [0.15, 0.2) is 6.61 Å². The Balaban J connectivity index is 3.23. The van der Waals surface area contributed by atoms with Gasteiger partial charge in [0.2, 0.25) is 0 Å². The Morgan fingerprint density at radius 2 is 2.00 bits per heavy atom. The van der Waals surface area contributed by atoms with Gasteiger partial charge in [-0.3, -0.25) is 0 Å². The van der Waals surface area contributed by atoms with Gasteiger partial charge in [-0.2, -0.15) is 5.26 Å². The maximum Gasteiger partial charge on any atom is 0.174 e. The van der Waals surface area contributed by atoms with Crippen LogP contribution >= 0.6 is 0 Å². The van der Waals surface area contributed by atoms with Gasteiger partial charge in [-0.15, -0.1) is 0 Å². The zero-order chi connectivity index (χ0) is 11.3. The first kappa shape index (κ1) is 10.9. The second-order valence-electron chi connectivity index (χ2n) is 2.84. The van der Waals surface area contributed by atoms with Crippen molar-refractivity contribution in [1.29, 1.82) is 5.26 Å². The molecule has 1 rings (SSSR count). The third-order valence-electron chi connectivity index (χ3n) is 1.98. The van der Waals surface area contributed by atoms with Crippen molar-refractivity contribution in [3.8, 4) is 11.8 Å². The van der Waals surface area contributed by atoms with Gasteiger partial charge in [-0.25, -0.2) is 0 Å². The first-order valence-electron chi connectivity index (χ1n) is 4.41. The molecule has 0 radical (unpaired) electrons. The Bertz CT molecular complexity index is 430. The minimum Gasteiger partial charge on any atom is -0.478 e. The molecule has 0 aromatic heterocycles. The predicted molar refractivity (Wildman–Crippen MR) is 62.1 cm³/mol. The standard InChI is InChI=1S/C12H12N2O/c1-3-9-10(4-2)12(15-8-7-13)6-5-11(9)14/h3-6H,1-2,8,14H2. The zero-order valence-electron chi connectivity index (χ0n) is 8.36. The lowest BCUT2D eigenvalue weighted by atomic mass is 10.0. The number of hydrogen-bond donors (Lipinski definition) is 1. The van der Waals surface area contributed by atoms with E-state index in [1.807, 2.05) is 6.07 Å². The summed E-state index contributed by atoms with van der Waals surface area (Å²) >= 11 is 0. The summed E-state index contributed by atoms with van der Waals surface area (Å²) in [6.45, 7) is 7.36. The molecule has 0 amide bonds. The van der Waals surface area contributed by atoms with Crippen LogP contribution < -0.4 is 10.5 Å². The van der Waals surface area contributed by atoms with E-state index in [-0.39, 0.29) is 6.61 Å². The molecule has 0 spiro atoms. The molecule has 1 aromatic carbocycles. The van der Waals surface area contributed by atoms with E-state index in [0.717, 1.165) is 11.1 Å². The molecule has 0 atom stereocenters. The second-order valence-corrected chi connectivity index (χ2v) is 2.84. The third-order valence-corrected chi connectivity index (χ3v) is 1.98. The van der Waals surface area contributed by atoms with Crippen molar-refractivity contribution in [2.75, 3.05) is 12.3 Å². The number of benzene rings is 1. The van der Waals surface area contributed by atoms with E-state index in [2.05, 4.69) is 13.2 Å². The van der Waals surface area contributed by atoms with Gasteiger partial charge >= 0.3 is 0 Å². The molecule has 3 heteroatoms. The highest BCUT2D eigenvalue weighted by molar-refractivity contribution is 5.77. The lowest BCUT2D eigenvalue weighted by Crippen LogP contribution is -1.99. The molecule has 76 valence electrons. The largest absolute Gasteiger partial charge is 0.478 e. The molecule has 15 heavy (non-hydrogen) atoms. The normalized spacial score (nSPS) is 9.00. The Kier molecular flexibility index (Phi) is 3.53. The van der Waals surface area contributed by atoms with E-state index in [4.69, 9.17) is 15.7 Å². The van der Waals surface area contributed by atoms with E-state index < -0.39 is 0 Å². The molecule has 0 saturated carbocycles. The van der Waals surface area contributed by atoms with Gasteiger partial charge in [0, 0.05) is 16.8 Å². The average molecular weight is 200 g/mol. The number of nitrogen functional groups attached to an aromatic ring is 1. The molecule has 0 unspecified atom stereocenters. The van der Waals surface area contributed by atoms with Crippen molar-refractivity contribution in [3.05, 3.63) is 36.4 Å². The molecule has 0 bridgehead atoms. The molecule has 0 fully saturated rings. The van der Waals surface area contributed by atoms with Crippen LogP contribution in [0, 0.1) is 11.3 Å². The third kappa shape index (κ3) is 2.18. The summed E-state index contributed by atoms with van der Waals surface area (Å²) in [5.74, 6) is 0.593. The van der Waals surface area contributed by atoms with Crippen LogP contribution in [0.3, 0.4) is 0 Å². The second kappa shape index (κ2) is 4.87. The van der Waals surface area contributed by atoms with Crippen LogP contribution in [0.25, 0.3) is 12.2 Å². The lowest BCUT2D eigenvalue weighted by molar-refractivity contribution is 0.367. The summed E-state index contributed by atoms with van der Waals surface area (Å²) in [4.78, 5) is 0. The number of nitrogens with two attached hydrogens (primary N) is 1. The molecule has 1 aromatic rings. The first-order valence-corrected chi connectivity index (χ1v) is 4.41. The fraction of sp³-hybridized carbons (Fsp3) is 0.0833. The minimum absolute atomic E-state index is 0.00133. The molecule has 0 aliphatic carbocycles. The molecular weight excluding hydrogens is 188 g/mol. The van der Waals surface area contributed by atoms with Crippen LogP contribution in [-0.4, -0.2) is 6.61 Å². The Morgan fingerprint density at radius 3 is 2.53 bits per heavy atom. The van der Waals surface area contributed by atoms with Crippen LogP contribution in [0.5, 0.6) is 5.75 Å². The van der Waals surface area contributed by atoms with Crippen LogP contribution in [0.4, 0.5) is 5.69 Å². The highest BCUT2D eigenvalue weighted by atomic mass is 16.5. The number of hydrogen-bond acceptors (Lipinski definition) is 3. The van der Waals surface area contributed by atoms with Gasteiger partial charge in [0.05, 0.1) is 0 Å². The van der Waals surface area contributed by atoms with Crippen LogP contribution in [0.15, 0.2) is 25.3 Å². The van der Waals surface area contributed by atoms with Gasteiger partial charge in [-0.05, 0) is 12.1 Å². The monoisotopic (exact) mass is 200 g/mol. The van der Waals surface area contributed by atoms with Crippen molar-refractivity contribution in [2.24, 2.45) is 0 Å². The molecule has 3 nitrogen and oxygen atoms in total. The Morgan fingerprint density at radius 1 is 1.33 bits per heavy atom. The van der Waals surface area contributed by atoms with E-state index in [1.165, 1.54) is 0 Å². The van der Waals surface area contributed by atoms with Crippen molar-refractivity contribution in [1.82, 2.24) is 0 Å². The molecule has 2 N–H and O–H groups in total. The van der Waals surface area contributed by atoms with E-state index >= 15 is 0 Å². The minimum atomic E-state index is 0.00133. The molecule has 0 heterocycles. The Hall–Kier alpha value is -2.21. The first-order chi connectivity index (χ1) is 7.24. The summed E-state index contributed by atoms with van der Waals surface area (Å²) in [5.41, 5.74) is 7.92. The Labute approximate surface area is 89.1 Å². The summed E-state index contributed by atoms with van der Waals surface area (Å²) in [6.07, 6.45) is 3.28. The summed E-state index contributed by atoms with van der Waals surface area (Å²) in [5, 5.41) is 8.43. The summed E-state index contributed by atoms with van der Waals surface area (Å²) < 4.78 is 5.24.